The van der Waals surface area contributed by atoms with E-state index >= 15 is 0 Å². The molecule has 2 N–H and O–H groups in total. The summed E-state index contributed by atoms with van der Waals surface area (Å²) in [6.07, 6.45) is 2.42. The highest BCUT2D eigenvalue weighted by molar-refractivity contribution is 6.32. The van der Waals surface area contributed by atoms with Crippen LogP contribution in [0.4, 0.5) is 8.78 Å². The maximum Gasteiger partial charge on any atom is 0.306 e. The van der Waals surface area contributed by atoms with Gasteiger partial charge in [0.1, 0.15) is 28.1 Å². The van der Waals surface area contributed by atoms with E-state index in [4.69, 9.17) is 16.7 Å². The van der Waals surface area contributed by atoms with E-state index < -0.39 is 23.5 Å². The molecule has 0 radical (unpaired) electrons. The first kappa shape index (κ1) is 22.0. The summed E-state index contributed by atoms with van der Waals surface area (Å²) in [7, 11) is 0. The molecule has 2 aromatic carbocycles. The molecule has 0 aliphatic heterocycles. The lowest BCUT2D eigenvalue weighted by atomic mass is 9.80. The van der Waals surface area contributed by atoms with Crippen molar-refractivity contribution in [1.82, 2.24) is 14.7 Å². The van der Waals surface area contributed by atoms with Crippen molar-refractivity contribution in [2.24, 2.45) is 5.92 Å². The number of amides is 1. The molecule has 5 rings (SSSR count). The molecule has 2 aromatic heterocycles. The second-order valence-corrected chi connectivity index (χ2v) is 8.60. The molecule has 172 valence electrons. The minimum atomic E-state index is -0.854. The fourth-order valence-corrected chi connectivity index (χ4v) is 4.45. The molecule has 0 bridgehead atoms. The highest BCUT2D eigenvalue weighted by atomic mass is 35.5. The lowest BCUT2D eigenvalue weighted by molar-refractivity contribution is -0.145. The van der Waals surface area contributed by atoms with Gasteiger partial charge in [-0.05, 0) is 42.7 Å². The van der Waals surface area contributed by atoms with E-state index in [1.165, 1.54) is 12.1 Å². The fraction of sp³-hybridized carbons (Fsp3) is 0.160. The van der Waals surface area contributed by atoms with E-state index in [0.717, 1.165) is 6.07 Å². The van der Waals surface area contributed by atoms with Gasteiger partial charge in [0.2, 0.25) is 0 Å². The quantitative estimate of drug-likeness (QED) is 0.411. The number of hydrogen-bond acceptors (Lipinski definition) is 3. The SMILES string of the molecule is O=C(NC1CC(C(=O)O)C1)c1ccn2c(Cl)c(-c3ccccc3-c3ccc(F)cc3F)nc2c1. The number of benzene rings is 2. The van der Waals surface area contributed by atoms with Gasteiger partial charge in [0.05, 0.1) is 5.92 Å². The third-order valence-corrected chi connectivity index (χ3v) is 6.42. The Morgan fingerprint density at radius 1 is 1.03 bits per heavy atom. The molecule has 2 heterocycles. The second kappa shape index (κ2) is 8.53. The number of rotatable bonds is 5. The molecular formula is C25H18ClF2N3O3. The van der Waals surface area contributed by atoms with Crippen molar-refractivity contribution in [3.8, 4) is 22.4 Å². The molecule has 1 fully saturated rings. The van der Waals surface area contributed by atoms with Crippen LogP contribution >= 0.6 is 11.6 Å². The fourth-order valence-electron chi connectivity index (χ4n) is 4.17. The number of imidazole rings is 1. The molecule has 1 amide bonds. The smallest absolute Gasteiger partial charge is 0.306 e. The predicted molar refractivity (Wildman–Crippen MR) is 123 cm³/mol. The van der Waals surface area contributed by atoms with Crippen molar-refractivity contribution >= 4 is 29.1 Å². The number of fused-ring (bicyclic) bond motifs is 1. The predicted octanol–water partition coefficient (Wildman–Crippen LogP) is 5.19. The van der Waals surface area contributed by atoms with Crippen LogP contribution in [0.3, 0.4) is 0 Å². The molecule has 9 heteroatoms. The van der Waals surface area contributed by atoms with Crippen LogP contribution in [0.25, 0.3) is 28.0 Å². The number of halogens is 3. The summed E-state index contributed by atoms with van der Waals surface area (Å²) in [4.78, 5) is 28.2. The van der Waals surface area contributed by atoms with Gasteiger partial charge in [0.15, 0.2) is 0 Å². The van der Waals surface area contributed by atoms with Gasteiger partial charge >= 0.3 is 5.97 Å². The van der Waals surface area contributed by atoms with Crippen LogP contribution in [-0.4, -0.2) is 32.4 Å². The van der Waals surface area contributed by atoms with Crippen molar-refractivity contribution in [2.75, 3.05) is 0 Å². The first-order valence-corrected chi connectivity index (χ1v) is 11.0. The van der Waals surface area contributed by atoms with Crippen molar-refractivity contribution in [3.05, 3.63) is 83.1 Å². The van der Waals surface area contributed by atoms with Gasteiger partial charge in [-0.2, -0.15) is 0 Å². The maximum absolute atomic E-state index is 14.5. The molecule has 34 heavy (non-hydrogen) atoms. The van der Waals surface area contributed by atoms with Gasteiger partial charge in [-0.15, -0.1) is 0 Å². The molecule has 1 aliphatic rings. The summed E-state index contributed by atoms with van der Waals surface area (Å²) in [5.41, 5.74) is 2.44. The molecule has 1 saturated carbocycles. The Bertz CT molecular complexity index is 1450. The van der Waals surface area contributed by atoms with Crippen LogP contribution in [-0.2, 0) is 4.79 Å². The standard InChI is InChI=1S/C25H18ClF2N3O3/c26-23-22(19-4-2-1-3-17(19)18-6-5-15(27)12-20(18)28)30-21-11-13(7-8-31(21)23)24(32)29-16-9-14(10-16)25(33)34/h1-8,11-12,14,16H,9-10H2,(H,29,32)(H,33,34). The monoisotopic (exact) mass is 481 g/mol. The number of aliphatic carboxylic acids is 1. The molecular weight excluding hydrogens is 464 g/mol. The summed E-state index contributed by atoms with van der Waals surface area (Å²) in [6, 6.07) is 13.3. The molecule has 6 nitrogen and oxygen atoms in total. The lowest BCUT2D eigenvalue weighted by Crippen LogP contribution is -2.46. The Labute approximate surface area is 197 Å². The summed E-state index contributed by atoms with van der Waals surface area (Å²) in [5, 5.41) is 12.1. The highest BCUT2D eigenvalue weighted by Crippen LogP contribution is 2.37. The van der Waals surface area contributed by atoms with Gasteiger partial charge in [-0.1, -0.05) is 35.9 Å². The molecule has 0 atom stereocenters. The number of carbonyl (C=O) groups is 2. The van der Waals surface area contributed by atoms with Crippen molar-refractivity contribution in [1.29, 1.82) is 0 Å². The largest absolute Gasteiger partial charge is 0.481 e. The normalized spacial score (nSPS) is 17.4. The maximum atomic E-state index is 14.5. The van der Waals surface area contributed by atoms with E-state index in [-0.39, 0.29) is 22.7 Å². The van der Waals surface area contributed by atoms with Crippen LogP contribution in [0, 0.1) is 17.6 Å². The van der Waals surface area contributed by atoms with Crippen LogP contribution in [0.5, 0.6) is 0 Å². The summed E-state index contributed by atoms with van der Waals surface area (Å²) in [6.45, 7) is 0. The molecule has 0 spiro atoms. The van der Waals surface area contributed by atoms with Crippen LogP contribution in [0.2, 0.25) is 5.15 Å². The van der Waals surface area contributed by atoms with Gasteiger partial charge in [0, 0.05) is 35.0 Å². The van der Waals surface area contributed by atoms with E-state index in [0.29, 0.717) is 40.9 Å². The molecule has 0 unspecified atom stereocenters. The van der Waals surface area contributed by atoms with Crippen molar-refractivity contribution in [2.45, 2.75) is 18.9 Å². The number of nitrogens with zero attached hydrogens (tertiary/aromatic N) is 2. The Balaban J connectivity index is 1.48. The summed E-state index contributed by atoms with van der Waals surface area (Å²) < 4.78 is 29.5. The number of carbonyl (C=O) groups excluding carboxylic acids is 1. The number of carboxylic acids is 1. The molecule has 4 aromatic rings. The van der Waals surface area contributed by atoms with Crippen LogP contribution in [0.1, 0.15) is 23.2 Å². The minimum absolute atomic E-state index is 0.179. The first-order valence-electron chi connectivity index (χ1n) is 10.6. The lowest BCUT2D eigenvalue weighted by Gasteiger charge is -2.32. The zero-order valence-corrected chi connectivity index (χ0v) is 18.4. The van der Waals surface area contributed by atoms with Crippen LogP contribution in [0.15, 0.2) is 60.8 Å². The third kappa shape index (κ3) is 3.90. The van der Waals surface area contributed by atoms with Gasteiger partial charge in [-0.3, -0.25) is 14.0 Å². The first-order chi connectivity index (χ1) is 16.3. The Morgan fingerprint density at radius 2 is 1.76 bits per heavy atom. The average Bonchev–Trinajstić information content (AvgIpc) is 3.11. The van der Waals surface area contributed by atoms with Crippen LogP contribution < -0.4 is 5.32 Å². The van der Waals surface area contributed by atoms with Gasteiger partial charge in [-0.25, -0.2) is 13.8 Å². The zero-order chi connectivity index (χ0) is 24.0. The van der Waals surface area contributed by atoms with E-state index in [1.54, 1.807) is 47.0 Å². The summed E-state index contributed by atoms with van der Waals surface area (Å²) in [5.74, 6) is -2.98. The molecule has 0 saturated heterocycles. The zero-order valence-electron chi connectivity index (χ0n) is 17.6. The van der Waals surface area contributed by atoms with Gasteiger partial charge < -0.3 is 10.4 Å². The number of carboxylic acid groups (broad SMARTS) is 1. The van der Waals surface area contributed by atoms with Crippen molar-refractivity contribution < 1.29 is 23.5 Å². The Kier molecular flexibility index (Phi) is 5.53. The number of nitrogens with one attached hydrogen (secondary N) is 1. The van der Waals surface area contributed by atoms with E-state index in [2.05, 4.69) is 10.3 Å². The topological polar surface area (TPSA) is 83.7 Å². The van der Waals surface area contributed by atoms with E-state index in [9.17, 15) is 18.4 Å². The minimum Gasteiger partial charge on any atom is -0.481 e. The van der Waals surface area contributed by atoms with Crippen molar-refractivity contribution in [3.63, 3.8) is 0 Å². The average molecular weight is 482 g/mol. The Hall–Kier alpha value is -3.78. The third-order valence-electron chi connectivity index (χ3n) is 6.06. The van der Waals surface area contributed by atoms with E-state index in [1.807, 2.05) is 0 Å². The second-order valence-electron chi connectivity index (χ2n) is 8.24. The molecule has 1 aliphatic carbocycles. The van der Waals surface area contributed by atoms with Gasteiger partial charge in [0.25, 0.3) is 5.91 Å². The summed E-state index contributed by atoms with van der Waals surface area (Å²) >= 11 is 6.60. The Morgan fingerprint density at radius 3 is 2.47 bits per heavy atom. The highest BCUT2D eigenvalue weighted by Gasteiger charge is 2.35. The number of pyridine rings is 1. The number of hydrogen-bond donors (Lipinski definition) is 2. The number of aromatic nitrogens is 2.